The van der Waals surface area contributed by atoms with E-state index in [0.29, 0.717) is 6.07 Å². The highest BCUT2D eigenvalue weighted by Crippen LogP contribution is 2.30. The van der Waals surface area contributed by atoms with Crippen molar-refractivity contribution in [1.82, 2.24) is 4.98 Å². The lowest BCUT2D eigenvalue weighted by molar-refractivity contribution is -0.142. The number of H-pyrrole nitrogens is 1. The van der Waals surface area contributed by atoms with E-state index in [0.717, 1.165) is 0 Å². The summed E-state index contributed by atoms with van der Waals surface area (Å²) in [7, 11) is 0. The number of halogens is 5. The lowest BCUT2D eigenvalue weighted by Gasteiger charge is -2.12. The summed E-state index contributed by atoms with van der Waals surface area (Å²) in [6, 6.07) is 0.478. The molecule has 0 bridgehead atoms. The molecular formula is C8H7F5N2O. The maximum absolute atomic E-state index is 12.3. The molecule has 3 nitrogen and oxygen atoms in total. The molecule has 0 aliphatic heterocycles. The molecule has 90 valence electrons. The smallest absolute Gasteiger partial charge is 0.326 e. The standard InChI is InChI=1S/C8H7F5N2O/c9-6(10)4-1-3(2-14)5(8(11,12)13)15-7(4)16/h1,6H,2,14H2,(H,15,16). The first-order chi connectivity index (χ1) is 7.27. The fourth-order valence-corrected chi connectivity index (χ4v) is 1.17. The molecular weight excluding hydrogens is 235 g/mol. The molecule has 0 aliphatic carbocycles. The molecule has 0 radical (unpaired) electrons. The highest BCUT2D eigenvalue weighted by Gasteiger charge is 2.35. The molecule has 1 heterocycles. The summed E-state index contributed by atoms with van der Waals surface area (Å²) in [5, 5.41) is 0. The number of nitrogens with one attached hydrogen (secondary N) is 1. The number of aromatic amines is 1. The van der Waals surface area contributed by atoms with Gasteiger partial charge in [0.2, 0.25) is 0 Å². The number of hydrogen-bond acceptors (Lipinski definition) is 2. The van der Waals surface area contributed by atoms with Gasteiger partial charge in [0.15, 0.2) is 0 Å². The van der Waals surface area contributed by atoms with Crippen molar-refractivity contribution in [1.29, 1.82) is 0 Å². The summed E-state index contributed by atoms with van der Waals surface area (Å²) in [6.07, 6.45) is -7.97. The zero-order valence-corrected chi connectivity index (χ0v) is 7.74. The van der Waals surface area contributed by atoms with E-state index in [1.165, 1.54) is 4.98 Å². The zero-order chi connectivity index (χ0) is 12.5. The lowest BCUT2D eigenvalue weighted by atomic mass is 10.1. The molecule has 0 saturated heterocycles. The SMILES string of the molecule is NCc1cc(C(F)F)c(=O)[nH]c1C(F)(F)F. The molecule has 0 spiro atoms. The molecule has 0 aliphatic rings. The van der Waals surface area contributed by atoms with Gasteiger partial charge in [0, 0.05) is 6.54 Å². The van der Waals surface area contributed by atoms with Gasteiger partial charge < -0.3 is 10.7 Å². The Balaban J connectivity index is 3.45. The van der Waals surface area contributed by atoms with Crippen molar-refractivity contribution >= 4 is 0 Å². The van der Waals surface area contributed by atoms with Crippen LogP contribution >= 0.6 is 0 Å². The van der Waals surface area contributed by atoms with E-state index in [9.17, 15) is 26.7 Å². The molecule has 0 fully saturated rings. The van der Waals surface area contributed by atoms with Gasteiger partial charge in [-0.25, -0.2) is 8.78 Å². The normalized spacial score (nSPS) is 12.2. The van der Waals surface area contributed by atoms with E-state index < -0.39 is 41.5 Å². The van der Waals surface area contributed by atoms with Crippen LogP contribution in [0.15, 0.2) is 10.9 Å². The van der Waals surface area contributed by atoms with Gasteiger partial charge in [-0.1, -0.05) is 0 Å². The number of aromatic nitrogens is 1. The van der Waals surface area contributed by atoms with Crippen molar-refractivity contribution in [2.24, 2.45) is 5.73 Å². The number of nitrogens with two attached hydrogens (primary N) is 1. The van der Waals surface area contributed by atoms with Crippen LogP contribution in [0.4, 0.5) is 22.0 Å². The van der Waals surface area contributed by atoms with Crippen molar-refractivity contribution in [3.05, 3.63) is 33.2 Å². The number of pyridine rings is 1. The van der Waals surface area contributed by atoms with E-state index in [2.05, 4.69) is 0 Å². The van der Waals surface area contributed by atoms with Gasteiger partial charge in [0.25, 0.3) is 12.0 Å². The highest BCUT2D eigenvalue weighted by molar-refractivity contribution is 5.28. The van der Waals surface area contributed by atoms with Gasteiger partial charge in [-0.2, -0.15) is 13.2 Å². The van der Waals surface area contributed by atoms with Crippen molar-refractivity contribution in [3.8, 4) is 0 Å². The average Bonchev–Trinajstić information content (AvgIpc) is 2.15. The van der Waals surface area contributed by atoms with Crippen LogP contribution in [0.25, 0.3) is 0 Å². The van der Waals surface area contributed by atoms with E-state index in [1.54, 1.807) is 0 Å². The number of rotatable bonds is 2. The maximum Gasteiger partial charge on any atom is 0.431 e. The first kappa shape index (κ1) is 12.6. The number of alkyl halides is 5. The van der Waals surface area contributed by atoms with Gasteiger partial charge in [-0.15, -0.1) is 0 Å². The first-order valence-electron chi connectivity index (χ1n) is 4.09. The quantitative estimate of drug-likeness (QED) is 0.777. The Hall–Kier alpha value is -1.44. The monoisotopic (exact) mass is 242 g/mol. The predicted molar refractivity (Wildman–Crippen MR) is 44.9 cm³/mol. The fourth-order valence-electron chi connectivity index (χ4n) is 1.17. The Morgan fingerprint density at radius 3 is 2.31 bits per heavy atom. The third-order valence-corrected chi connectivity index (χ3v) is 1.89. The van der Waals surface area contributed by atoms with Crippen molar-refractivity contribution < 1.29 is 22.0 Å². The molecule has 8 heteroatoms. The Bertz CT molecular complexity index is 437. The predicted octanol–water partition coefficient (Wildman–Crippen LogP) is 1.79. The van der Waals surface area contributed by atoms with Gasteiger partial charge in [-0.05, 0) is 11.6 Å². The van der Waals surface area contributed by atoms with E-state index >= 15 is 0 Å². The van der Waals surface area contributed by atoms with Gasteiger partial charge in [0.1, 0.15) is 5.69 Å². The molecule has 1 aromatic heterocycles. The molecule has 0 aromatic carbocycles. The van der Waals surface area contributed by atoms with E-state index in [4.69, 9.17) is 5.73 Å². The minimum Gasteiger partial charge on any atom is -0.326 e. The largest absolute Gasteiger partial charge is 0.431 e. The van der Waals surface area contributed by atoms with Crippen molar-refractivity contribution in [2.75, 3.05) is 0 Å². The maximum atomic E-state index is 12.3. The molecule has 0 atom stereocenters. The second-order valence-corrected chi connectivity index (χ2v) is 2.96. The summed E-state index contributed by atoms with van der Waals surface area (Å²) < 4.78 is 61.5. The zero-order valence-electron chi connectivity index (χ0n) is 7.74. The van der Waals surface area contributed by atoms with Gasteiger partial charge in [0.05, 0.1) is 5.56 Å². The molecule has 3 N–H and O–H groups in total. The van der Waals surface area contributed by atoms with Gasteiger partial charge >= 0.3 is 6.18 Å². The minimum atomic E-state index is -4.82. The average molecular weight is 242 g/mol. The summed E-state index contributed by atoms with van der Waals surface area (Å²) in [5.74, 6) is 0. The molecule has 16 heavy (non-hydrogen) atoms. The topological polar surface area (TPSA) is 58.9 Å². The van der Waals surface area contributed by atoms with E-state index in [1.807, 2.05) is 0 Å². The van der Waals surface area contributed by atoms with Crippen LogP contribution < -0.4 is 11.3 Å². The third kappa shape index (κ3) is 2.38. The highest BCUT2D eigenvalue weighted by atomic mass is 19.4. The van der Waals surface area contributed by atoms with Crippen LogP contribution in [-0.4, -0.2) is 4.98 Å². The molecule has 0 amide bonds. The van der Waals surface area contributed by atoms with E-state index in [-0.39, 0.29) is 0 Å². The second-order valence-electron chi connectivity index (χ2n) is 2.96. The molecule has 0 saturated carbocycles. The van der Waals surface area contributed by atoms with Crippen molar-refractivity contribution in [3.63, 3.8) is 0 Å². The third-order valence-electron chi connectivity index (χ3n) is 1.89. The van der Waals surface area contributed by atoms with Crippen molar-refractivity contribution in [2.45, 2.75) is 19.1 Å². The first-order valence-corrected chi connectivity index (χ1v) is 4.09. The van der Waals surface area contributed by atoms with Crippen LogP contribution in [0.1, 0.15) is 23.2 Å². The Kier molecular flexibility index (Phi) is 3.32. The van der Waals surface area contributed by atoms with Crippen LogP contribution in [0.5, 0.6) is 0 Å². The Morgan fingerprint density at radius 1 is 1.38 bits per heavy atom. The van der Waals surface area contributed by atoms with Crippen LogP contribution in [0.2, 0.25) is 0 Å². The number of hydrogen-bond donors (Lipinski definition) is 2. The van der Waals surface area contributed by atoms with Crippen LogP contribution in [-0.2, 0) is 12.7 Å². The molecule has 1 rings (SSSR count). The summed E-state index contributed by atoms with van der Waals surface area (Å²) in [6.45, 7) is -0.592. The van der Waals surface area contributed by atoms with Crippen LogP contribution in [0.3, 0.4) is 0 Å². The summed E-state index contributed by atoms with van der Waals surface area (Å²) in [4.78, 5) is 12.3. The van der Waals surface area contributed by atoms with Crippen LogP contribution in [0, 0.1) is 0 Å². The summed E-state index contributed by atoms with van der Waals surface area (Å²) >= 11 is 0. The Morgan fingerprint density at radius 2 is 1.94 bits per heavy atom. The minimum absolute atomic E-state index is 0.478. The fraction of sp³-hybridized carbons (Fsp3) is 0.375. The van der Waals surface area contributed by atoms with Gasteiger partial charge in [-0.3, -0.25) is 4.79 Å². The molecule has 1 aromatic rings. The Labute approximate surface area is 86.1 Å². The summed E-state index contributed by atoms with van der Waals surface area (Å²) in [5.41, 5.74) is 0.569. The lowest BCUT2D eigenvalue weighted by Crippen LogP contribution is -2.23. The second kappa shape index (κ2) is 4.20. The molecule has 0 unspecified atom stereocenters.